The average molecular weight is 504 g/mol. The Morgan fingerprint density at radius 3 is 2.32 bits per heavy atom. The minimum atomic E-state index is -4.89. The van der Waals surface area contributed by atoms with Gasteiger partial charge in [-0.25, -0.2) is 8.42 Å². The van der Waals surface area contributed by atoms with Gasteiger partial charge in [-0.1, -0.05) is 40.9 Å². The highest BCUT2D eigenvalue weighted by atomic mass is 35.5. The molecule has 0 aliphatic rings. The number of phenols is 2. The van der Waals surface area contributed by atoms with E-state index in [4.69, 9.17) is 34.8 Å². The first-order chi connectivity index (χ1) is 14.4. The van der Waals surface area contributed by atoms with Gasteiger partial charge in [0.1, 0.15) is 21.5 Å². The van der Waals surface area contributed by atoms with E-state index >= 15 is 0 Å². The van der Waals surface area contributed by atoms with Crippen LogP contribution in [0.3, 0.4) is 0 Å². The van der Waals surface area contributed by atoms with Crippen molar-refractivity contribution >= 4 is 78.7 Å². The highest BCUT2D eigenvalue weighted by Crippen LogP contribution is 2.46. The standard InChI is InChI=1S/C18H12Cl3N3O6S/c1-7(25)22-11-4-5-13(31(28,29)30)8-2-3-12(18(27)14(8)11)23-24-16-15(21)9(19)6-10(20)17(16)26/h2-6,26-27H,1H3,(H,22,25)(H,28,29,30)/p-1. The van der Waals surface area contributed by atoms with Gasteiger partial charge in [-0.2, -0.15) is 0 Å². The van der Waals surface area contributed by atoms with E-state index in [1.165, 1.54) is 25.1 Å². The Balaban J connectivity index is 2.26. The number of aromatic hydroxyl groups is 2. The molecule has 31 heavy (non-hydrogen) atoms. The molecule has 0 fully saturated rings. The summed E-state index contributed by atoms with van der Waals surface area (Å²) in [4.78, 5) is 10.9. The summed E-state index contributed by atoms with van der Waals surface area (Å²) in [5, 5.41) is 30.2. The minimum Gasteiger partial charge on any atom is -0.744 e. The van der Waals surface area contributed by atoms with Crippen molar-refractivity contribution in [2.45, 2.75) is 11.8 Å². The van der Waals surface area contributed by atoms with Crippen LogP contribution in [-0.4, -0.2) is 29.1 Å². The maximum absolute atomic E-state index is 11.6. The van der Waals surface area contributed by atoms with E-state index in [0.29, 0.717) is 0 Å². The van der Waals surface area contributed by atoms with Crippen LogP contribution in [0.4, 0.5) is 17.1 Å². The number of fused-ring (bicyclic) bond motifs is 1. The van der Waals surface area contributed by atoms with Crippen molar-refractivity contribution in [1.82, 2.24) is 0 Å². The molecule has 0 heterocycles. The number of amides is 1. The van der Waals surface area contributed by atoms with Crippen LogP contribution in [0, 0.1) is 0 Å². The van der Waals surface area contributed by atoms with E-state index < -0.39 is 32.4 Å². The fourth-order valence-electron chi connectivity index (χ4n) is 2.75. The zero-order chi connectivity index (χ0) is 23.1. The third kappa shape index (κ3) is 4.53. The van der Waals surface area contributed by atoms with E-state index in [-0.39, 0.29) is 42.9 Å². The first kappa shape index (κ1) is 23.0. The number of carbonyl (C=O) groups is 1. The maximum atomic E-state index is 11.6. The summed E-state index contributed by atoms with van der Waals surface area (Å²) in [6, 6.07) is 5.78. The number of rotatable bonds is 4. The molecule has 9 nitrogen and oxygen atoms in total. The Bertz CT molecular complexity index is 1350. The number of carbonyl (C=O) groups excluding carboxylic acids is 1. The summed E-state index contributed by atoms with van der Waals surface area (Å²) < 4.78 is 34.8. The van der Waals surface area contributed by atoms with Crippen LogP contribution in [-0.2, 0) is 14.9 Å². The summed E-state index contributed by atoms with van der Waals surface area (Å²) in [5.41, 5.74) is -0.418. The maximum Gasteiger partial charge on any atom is 0.221 e. The number of hydrogen-bond donors (Lipinski definition) is 3. The van der Waals surface area contributed by atoms with Crippen LogP contribution in [0.5, 0.6) is 11.5 Å². The number of azo groups is 1. The number of hydrogen-bond acceptors (Lipinski definition) is 8. The highest BCUT2D eigenvalue weighted by Gasteiger charge is 2.18. The molecule has 0 bridgehead atoms. The van der Waals surface area contributed by atoms with Crippen molar-refractivity contribution in [2.75, 3.05) is 5.32 Å². The summed E-state index contributed by atoms with van der Waals surface area (Å²) in [6.07, 6.45) is 0. The Morgan fingerprint density at radius 2 is 1.71 bits per heavy atom. The van der Waals surface area contributed by atoms with Crippen LogP contribution >= 0.6 is 34.8 Å². The Kier molecular flexibility index (Phi) is 6.30. The summed E-state index contributed by atoms with van der Waals surface area (Å²) in [7, 11) is -4.89. The van der Waals surface area contributed by atoms with Crippen LogP contribution < -0.4 is 5.32 Å². The second kappa shape index (κ2) is 8.48. The van der Waals surface area contributed by atoms with Crippen LogP contribution in [0.25, 0.3) is 10.8 Å². The van der Waals surface area contributed by atoms with E-state index in [9.17, 15) is 28.0 Å². The Morgan fingerprint density at radius 1 is 1.03 bits per heavy atom. The fraction of sp³-hybridized carbons (Fsp3) is 0.0556. The highest BCUT2D eigenvalue weighted by molar-refractivity contribution is 7.86. The molecular weight excluding hydrogens is 493 g/mol. The lowest BCUT2D eigenvalue weighted by Gasteiger charge is -2.15. The van der Waals surface area contributed by atoms with E-state index in [2.05, 4.69) is 15.5 Å². The lowest BCUT2D eigenvalue weighted by Crippen LogP contribution is -2.07. The smallest absolute Gasteiger partial charge is 0.221 e. The van der Waals surface area contributed by atoms with Gasteiger partial charge in [0.15, 0.2) is 11.5 Å². The molecule has 0 aliphatic carbocycles. The third-order valence-corrected chi connectivity index (χ3v) is 6.01. The largest absolute Gasteiger partial charge is 0.744 e. The molecule has 3 aromatic rings. The molecule has 0 radical (unpaired) electrons. The summed E-state index contributed by atoms with van der Waals surface area (Å²) in [5.74, 6) is -1.59. The second-order valence-electron chi connectivity index (χ2n) is 6.15. The van der Waals surface area contributed by atoms with Crippen LogP contribution in [0.15, 0.2) is 45.5 Å². The van der Waals surface area contributed by atoms with E-state index in [1.54, 1.807) is 0 Å². The third-order valence-electron chi connectivity index (χ3n) is 4.05. The molecular formula is C18H11Cl3N3O6S-. The molecule has 3 rings (SSSR count). The molecule has 0 atom stereocenters. The predicted octanol–water partition coefficient (Wildman–Crippen LogP) is 5.49. The molecule has 13 heteroatoms. The van der Waals surface area contributed by atoms with Gasteiger partial charge in [-0.05, 0) is 24.3 Å². The first-order valence-electron chi connectivity index (χ1n) is 8.22. The predicted molar refractivity (Wildman–Crippen MR) is 115 cm³/mol. The van der Waals surface area contributed by atoms with Crippen molar-refractivity contribution in [3.63, 3.8) is 0 Å². The van der Waals surface area contributed by atoms with E-state index in [0.717, 1.165) is 12.1 Å². The fourth-order valence-corrected chi connectivity index (χ4v) is 4.06. The number of nitrogens with zero attached hydrogens (tertiary/aromatic N) is 2. The van der Waals surface area contributed by atoms with Crippen LogP contribution in [0.2, 0.25) is 15.1 Å². The van der Waals surface area contributed by atoms with Gasteiger partial charge in [0.25, 0.3) is 0 Å². The van der Waals surface area contributed by atoms with Crippen molar-refractivity contribution < 1.29 is 28.0 Å². The van der Waals surface area contributed by atoms with Gasteiger partial charge in [0, 0.05) is 12.3 Å². The zero-order valence-corrected chi connectivity index (χ0v) is 18.4. The van der Waals surface area contributed by atoms with Crippen molar-refractivity contribution in [2.24, 2.45) is 10.2 Å². The second-order valence-corrected chi connectivity index (χ2v) is 8.69. The minimum absolute atomic E-state index is 0.000566. The number of nitrogens with one attached hydrogen (secondary N) is 1. The molecule has 0 aromatic heterocycles. The first-order valence-corrected chi connectivity index (χ1v) is 10.8. The lowest BCUT2D eigenvalue weighted by atomic mass is 10.1. The van der Waals surface area contributed by atoms with Gasteiger partial charge >= 0.3 is 0 Å². The summed E-state index contributed by atoms with van der Waals surface area (Å²) >= 11 is 17.8. The Hall–Kier alpha value is -2.63. The number of anilines is 1. The molecule has 0 aliphatic heterocycles. The molecule has 1 amide bonds. The topological polar surface area (TPSA) is 151 Å². The number of halogens is 3. The van der Waals surface area contributed by atoms with Crippen molar-refractivity contribution in [3.8, 4) is 11.5 Å². The van der Waals surface area contributed by atoms with Crippen molar-refractivity contribution in [1.29, 1.82) is 0 Å². The molecule has 162 valence electrons. The lowest BCUT2D eigenvalue weighted by molar-refractivity contribution is -0.114. The number of phenolic OH excluding ortho intramolecular Hbond substituents is 2. The zero-order valence-electron chi connectivity index (χ0n) is 15.4. The van der Waals surface area contributed by atoms with Gasteiger partial charge in [0.2, 0.25) is 5.91 Å². The summed E-state index contributed by atoms with van der Waals surface area (Å²) in [6.45, 7) is 1.21. The SMILES string of the molecule is CC(=O)Nc1ccc(S(=O)(=O)[O-])c2ccc(N=Nc3c(O)c(Cl)cc(Cl)c3Cl)c(O)c12. The van der Waals surface area contributed by atoms with Crippen molar-refractivity contribution in [3.05, 3.63) is 45.4 Å². The molecule has 0 spiro atoms. The molecule has 3 aromatic carbocycles. The van der Waals surface area contributed by atoms with Gasteiger partial charge in [-0.3, -0.25) is 4.79 Å². The Labute approximate surface area is 190 Å². The molecule has 3 N–H and O–H groups in total. The molecule has 0 unspecified atom stereocenters. The average Bonchev–Trinajstić information content (AvgIpc) is 2.66. The van der Waals surface area contributed by atoms with Gasteiger partial charge < -0.3 is 20.1 Å². The molecule has 0 saturated carbocycles. The molecule has 0 saturated heterocycles. The normalized spacial score (nSPS) is 11.9. The van der Waals surface area contributed by atoms with E-state index in [1.807, 2.05) is 0 Å². The monoisotopic (exact) mass is 502 g/mol. The quantitative estimate of drug-likeness (QED) is 0.243. The van der Waals surface area contributed by atoms with Crippen LogP contribution in [0.1, 0.15) is 6.92 Å². The van der Waals surface area contributed by atoms with Gasteiger partial charge in [-0.15, -0.1) is 10.2 Å². The van der Waals surface area contributed by atoms with Gasteiger partial charge in [0.05, 0.1) is 31.0 Å². The number of benzene rings is 3.